The molecule has 0 atom stereocenters. The van der Waals surface area contributed by atoms with Gasteiger partial charge in [-0.05, 0) is 36.8 Å². The van der Waals surface area contributed by atoms with E-state index in [2.05, 4.69) is 14.8 Å². The van der Waals surface area contributed by atoms with E-state index in [1.165, 1.54) is 24.3 Å². The van der Waals surface area contributed by atoms with Crippen LogP contribution in [-0.2, 0) is 21.4 Å². The van der Waals surface area contributed by atoms with E-state index in [-0.39, 0.29) is 30.2 Å². The molecular formula is C18H19F3N2O4S. The quantitative estimate of drug-likeness (QED) is 0.693. The number of ether oxygens (including phenoxy) is 1. The van der Waals surface area contributed by atoms with Gasteiger partial charge in [0.2, 0.25) is 15.9 Å². The molecule has 0 aliphatic rings. The zero-order valence-corrected chi connectivity index (χ0v) is 15.7. The number of benzene rings is 2. The molecule has 0 heterocycles. The van der Waals surface area contributed by atoms with E-state index in [1.807, 2.05) is 6.92 Å². The zero-order chi connectivity index (χ0) is 20.8. The Morgan fingerprint density at radius 1 is 1.04 bits per heavy atom. The fourth-order valence-electron chi connectivity index (χ4n) is 2.20. The van der Waals surface area contributed by atoms with E-state index in [9.17, 15) is 26.4 Å². The SMILES string of the molecule is Cc1ccc(S(=O)(=O)NCCC(=O)NCc2ccc(OC(F)(F)F)cc2)cc1. The number of aryl methyl sites for hydroxylation is 1. The predicted octanol–water partition coefficient (Wildman–Crippen LogP) is 2.88. The Labute approximate surface area is 160 Å². The summed E-state index contributed by atoms with van der Waals surface area (Å²) in [7, 11) is -3.70. The summed E-state index contributed by atoms with van der Waals surface area (Å²) in [5, 5.41) is 2.56. The summed E-state index contributed by atoms with van der Waals surface area (Å²) in [6.07, 6.45) is -4.85. The summed E-state index contributed by atoms with van der Waals surface area (Å²) in [4.78, 5) is 11.9. The van der Waals surface area contributed by atoms with Crippen molar-refractivity contribution in [2.75, 3.05) is 6.54 Å². The van der Waals surface area contributed by atoms with Gasteiger partial charge in [-0.3, -0.25) is 4.79 Å². The molecule has 10 heteroatoms. The number of amides is 1. The maximum atomic E-state index is 12.1. The van der Waals surface area contributed by atoms with Crippen molar-refractivity contribution in [3.05, 3.63) is 59.7 Å². The number of sulfonamides is 1. The van der Waals surface area contributed by atoms with Crippen LogP contribution in [-0.4, -0.2) is 27.2 Å². The maximum absolute atomic E-state index is 12.1. The first kappa shape index (κ1) is 21.7. The van der Waals surface area contributed by atoms with Gasteiger partial charge in [0.15, 0.2) is 0 Å². The van der Waals surface area contributed by atoms with Crippen molar-refractivity contribution in [2.24, 2.45) is 0 Å². The van der Waals surface area contributed by atoms with Crippen LogP contribution < -0.4 is 14.8 Å². The molecule has 2 aromatic carbocycles. The summed E-state index contributed by atoms with van der Waals surface area (Å²) in [5.74, 6) is -0.754. The number of hydrogen-bond donors (Lipinski definition) is 2. The molecule has 0 aromatic heterocycles. The molecule has 0 aliphatic carbocycles. The minimum absolute atomic E-state index is 0.0829. The number of carbonyl (C=O) groups is 1. The topological polar surface area (TPSA) is 84.5 Å². The second-order valence-electron chi connectivity index (χ2n) is 5.93. The van der Waals surface area contributed by atoms with Crippen LogP contribution in [0.1, 0.15) is 17.5 Å². The second-order valence-corrected chi connectivity index (χ2v) is 7.70. The first-order valence-corrected chi connectivity index (χ1v) is 9.71. The van der Waals surface area contributed by atoms with Gasteiger partial charge < -0.3 is 10.1 Å². The molecule has 0 spiro atoms. The highest BCUT2D eigenvalue weighted by Gasteiger charge is 2.30. The zero-order valence-electron chi connectivity index (χ0n) is 14.9. The van der Waals surface area contributed by atoms with Crippen LogP contribution in [0.4, 0.5) is 13.2 Å². The van der Waals surface area contributed by atoms with Crippen LogP contribution in [0.2, 0.25) is 0 Å². The number of alkyl halides is 3. The molecule has 0 saturated carbocycles. The van der Waals surface area contributed by atoms with Crippen molar-refractivity contribution in [1.82, 2.24) is 10.0 Å². The first-order chi connectivity index (χ1) is 13.0. The minimum Gasteiger partial charge on any atom is -0.406 e. The molecule has 0 unspecified atom stereocenters. The van der Waals surface area contributed by atoms with E-state index in [0.29, 0.717) is 5.56 Å². The lowest BCUT2D eigenvalue weighted by Gasteiger charge is -2.10. The van der Waals surface area contributed by atoms with Crippen LogP contribution in [0.15, 0.2) is 53.4 Å². The van der Waals surface area contributed by atoms with Crippen LogP contribution in [0.25, 0.3) is 0 Å². The van der Waals surface area contributed by atoms with Crippen LogP contribution in [0.3, 0.4) is 0 Å². The van der Waals surface area contributed by atoms with Gasteiger partial charge in [0.25, 0.3) is 0 Å². The van der Waals surface area contributed by atoms with Crippen LogP contribution in [0.5, 0.6) is 5.75 Å². The van der Waals surface area contributed by atoms with Gasteiger partial charge in [-0.15, -0.1) is 13.2 Å². The lowest BCUT2D eigenvalue weighted by Crippen LogP contribution is -2.30. The number of halogens is 3. The van der Waals surface area contributed by atoms with E-state index >= 15 is 0 Å². The van der Waals surface area contributed by atoms with Crippen molar-refractivity contribution in [1.29, 1.82) is 0 Å². The van der Waals surface area contributed by atoms with Crippen molar-refractivity contribution in [3.8, 4) is 5.75 Å². The molecular weight excluding hydrogens is 397 g/mol. The first-order valence-electron chi connectivity index (χ1n) is 8.23. The highest BCUT2D eigenvalue weighted by atomic mass is 32.2. The normalized spacial score (nSPS) is 11.9. The average Bonchev–Trinajstić information content (AvgIpc) is 2.60. The molecule has 0 bridgehead atoms. The molecule has 1 amide bonds. The lowest BCUT2D eigenvalue weighted by molar-refractivity contribution is -0.274. The minimum atomic E-state index is -4.76. The van der Waals surface area contributed by atoms with Crippen molar-refractivity contribution < 1.29 is 31.1 Å². The fraction of sp³-hybridized carbons (Fsp3) is 0.278. The number of rotatable bonds is 8. The van der Waals surface area contributed by atoms with Gasteiger partial charge in [-0.1, -0.05) is 29.8 Å². The van der Waals surface area contributed by atoms with Gasteiger partial charge in [-0.25, -0.2) is 13.1 Å². The van der Waals surface area contributed by atoms with Gasteiger partial charge in [0.1, 0.15) is 5.75 Å². The summed E-state index contributed by atoms with van der Waals surface area (Å²) in [6, 6.07) is 11.4. The molecule has 2 rings (SSSR count). The van der Waals surface area contributed by atoms with Gasteiger partial charge in [0, 0.05) is 19.5 Å². The smallest absolute Gasteiger partial charge is 0.406 e. The third-order valence-electron chi connectivity index (χ3n) is 3.62. The Bertz CT molecular complexity index is 896. The molecule has 0 radical (unpaired) electrons. The molecule has 0 aliphatic heterocycles. The largest absolute Gasteiger partial charge is 0.573 e. The second kappa shape index (κ2) is 9.07. The van der Waals surface area contributed by atoms with E-state index < -0.39 is 22.3 Å². The third kappa shape index (κ3) is 7.20. The maximum Gasteiger partial charge on any atom is 0.573 e. The van der Waals surface area contributed by atoms with E-state index in [4.69, 9.17) is 0 Å². The Kier molecular flexibility index (Phi) is 7.03. The summed E-state index contributed by atoms with van der Waals surface area (Å²) in [5.41, 5.74) is 1.50. The van der Waals surface area contributed by atoms with Crippen molar-refractivity contribution in [3.63, 3.8) is 0 Å². The van der Waals surface area contributed by atoms with Gasteiger partial charge >= 0.3 is 6.36 Å². The lowest BCUT2D eigenvalue weighted by atomic mass is 10.2. The van der Waals surface area contributed by atoms with E-state index in [1.54, 1.807) is 12.1 Å². The van der Waals surface area contributed by atoms with Gasteiger partial charge in [0.05, 0.1) is 4.90 Å². The number of hydrogen-bond acceptors (Lipinski definition) is 4. The Morgan fingerprint density at radius 2 is 1.64 bits per heavy atom. The standard InChI is InChI=1S/C18H19F3N2O4S/c1-13-2-8-16(9-3-13)28(25,26)23-11-10-17(24)22-12-14-4-6-15(7-5-14)27-18(19,20)21/h2-9,23H,10-12H2,1H3,(H,22,24). The summed E-state index contributed by atoms with van der Waals surface area (Å²) >= 11 is 0. The van der Waals surface area contributed by atoms with Crippen molar-refractivity contribution in [2.45, 2.75) is 31.1 Å². The highest BCUT2D eigenvalue weighted by molar-refractivity contribution is 7.89. The Morgan fingerprint density at radius 3 is 2.21 bits per heavy atom. The third-order valence-corrected chi connectivity index (χ3v) is 5.10. The number of carbonyl (C=O) groups excluding carboxylic acids is 1. The fourth-order valence-corrected chi connectivity index (χ4v) is 3.23. The molecule has 2 aromatic rings. The Balaban J connectivity index is 1.76. The molecule has 28 heavy (non-hydrogen) atoms. The Hall–Kier alpha value is -2.59. The molecule has 6 nitrogen and oxygen atoms in total. The molecule has 0 saturated heterocycles. The van der Waals surface area contributed by atoms with Gasteiger partial charge in [-0.2, -0.15) is 0 Å². The number of nitrogens with one attached hydrogen (secondary N) is 2. The summed E-state index contributed by atoms with van der Waals surface area (Å²) < 4.78 is 66.6. The molecule has 0 fully saturated rings. The molecule has 2 N–H and O–H groups in total. The molecule has 152 valence electrons. The van der Waals surface area contributed by atoms with Crippen LogP contribution in [0, 0.1) is 6.92 Å². The monoisotopic (exact) mass is 416 g/mol. The van der Waals surface area contributed by atoms with Crippen LogP contribution >= 0.6 is 0 Å². The van der Waals surface area contributed by atoms with Crippen molar-refractivity contribution >= 4 is 15.9 Å². The highest BCUT2D eigenvalue weighted by Crippen LogP contribution is 2.22. The predicted molar refractivity (Wildman–Crippen MR) is 96.0 cm³/mol. The average molecular weight is 416 g/mol. The summed E-state index contributed by atoms with van der Waals surface area (Å²) in [6.45, 7) is 1.85. The van der Waals surface area contributed by atoms with E-state index in [0.717, 1.165) is 17.7 Å².